The average molecular weight is 639 g/mol. The standard InChI is InChI=1S/C29H33Cl2N3O5S2/c1-5-32-29(36)20(3)33(18-23-24(30)10-9-11-25(23)31)28(35)19-34(26-12-7-8-13-27(26)39-6-2)41(37,38)22-16-14-21(40-4)15-17-22/h7-17,20H,5-6,18-19H2,1-4H3,(H,32,36)/t20-/m1/s1. The number of nitrogens with zero attached hydrogens (tertiary/aromatic N) is 2. The summed E-state index contributed by atoms with van der Waals surface area (Å²) < 4.78 is 34.9. The molecule has 41 heavy (non-hydrogen) atoms. The molecule has 0 aromatic heterocycles. The van der Waals surface area contributed by atoms with E-state index in [9.17, 15) is 18.0 Å². The third-order valence-corrected chi connectivity index (χ3v) is 9.49. The number of carbonyl (C=O) groups is 2. The van der Waals surface area contributed by atoms with Crippen LogP contribution in [-0.4, -0.2) is 57.1 Å². The van der Waals surface area contributed by atoms with Crippen LogP contribution in [0.25, 0.3) is 0 Å². The lowest BCUT2D eigenvalue weighted by Crippen LogP contribution is -2.51. The Kier molecular flexibility index (Phi) is 11.8. The quantitative estimate of drug-likeness (QED) is 0.236. The molecule has 0 aliphatic carbocycles. The molecule has 0 spiro atoms. The number of para-hydroxylation sites is 2. The molecule has 0 bridgehead atoms. The van der Waals surface area contributed by atoms with Crippen LogP contribution in [0.5, 0.6) is 5.75 Å². The summed E-state index contributed by atoms with van der Waals surface area (Å²) in [6, 6.07) is 17.0. The maximum Gasteiger partial charge on any atom is 0.264 e. The van der Waals surface area contributed by atoms with Gasteiger partial charge in [-0.05, 0) is 75.6 Å². The van der Waals surface area contributed by atoms with Gasteiger partial charge in [0.15, 0.2) is 0 Å². The summed E-state index contributed by atoms with van der Waals surface area (Å²) >= 11 is 14.3. The van der Waals surface area contributed by atoms with Crippen molar-refractivity contribution in [3.63, 3.8) is 0 Å². The van der Waals surface area contributed by atoms with E-state index in [0.717, 1.165) is 9.20 Å². The van der Waals surface area contributed by atoms with Gasteiger partial charge in [0.1, 0.15) is 18.3 Å². The Morgan fingerprint density at radius 1 is 0.976 bits per heavy atom. The fraction of sp³-hybridized carbons (Fsp3) is 0.310. The summed E-state index contributed by atoms with van der Waals surface area (Å²) in [5.41, 5.74) is 0.634. The molecule has 8 nitrogen and oxygen atoms in total. The molecular formula is C29H33Cl2N3O5S2. The first-order valence-electron chi connectivity index (χ1n) is 12.9. The second kappa shape index (κ2) is 14.8. The molecule has 0 radical (unpaired) electrons. The summed E-state index contributed by atoms with van der Waals surface area (Å²) in [5.74, 6) is -0.735. The van der Waals surface area contributed by atoms with E-state index in [4.69, 9.17) is 27.9 Å². The van der Waals surface area contributed by atoms with Crippen LogP contribution in [-0.2, 0) is 26.2 Å². The lowest BCUT2D eigenvalue weighted by Gasteiger charge is -2.32. The van der Waals surface area contributed by atoms with Gasteiger partial charge in [0, 0.05) is 33.6 Å². The minimum atomic E-state index is -4.25. The number of amides is 2. The molecule has 3 aromatic carbocycles. The van der Waals surface area contributed by atoms with Gasteiger partial charge in [0.25, 0.3) is 10.0 Å². The van der Waals surface area contributed by atoms with Crippen molar-refractivity contribution < 1.29 is 22.7 Å². The Balaban J connectivity index is 2.12. The fourth-order valence-electron chi connectivity index (χ4n) is 4.09. The van der Waals surface area contributed by atoms with Crippen molar-refractivity contribution in [1.82, 2.24) is 10.2 Å². The van der Waals surface area contributed by atoms with Crippen molar-refractivity contribution in [3.05, 3.63) is 82.3 Å². The highest BCUT2D eigenvalue weighted by Gasteiger charge is 2.34. The number of sulfonamides is 1. The number of nitrogens with one attached hydrogen (secondary N) is 1. The lowest BCUT2D eigenvalue weighted by atomic mass is 10.1. The zero-order chi connectivity index (χ0) is 30.2. The molecule has 1 atom stereocenters. The zero-order valence-corrected chi connectivity index (χ0v) is 26.4. The van der Waals surface area contributed by atoms with Crippen molar-refractivity contribution in [1.29, 1.82) is 0 Å². The Morgan fingerprint density at radius 2 is 1.61 bits per heavy atom. The summed E-state index contributed by atoms with van der Waals surface area (Å²) in [5, 5.41) is 3.36. The number of halogens is 2. The molecule has 3 rings (SSSR count). The molecule has 0 saturated carbocycles. The number of rotatable bonds is 13. The normalized spacial score (nSPS) is 12.0. The predicted octanol–water partition coefficient (Wildman–Crippen LogP) is 5.86. The Bertz CT molecular complexity index is 1450. The van der Waals surface area contributed by atoms with Gasteiger partial charge in [-0.15, -0.1) is 11.8 Å². The fourth-order valence-corrected chi connectivity index (χ4v) is 6.44. The number of anilines is 1. The maximum absolute atomic E-state index is 14.1. The minimum Gasteiger partial charge on any atom is -0.492 e. The van der Waals surface area contributed by atoms with Crippen LogP contribution in [0.1, 0.15) is 26.3 Å². The van der Waals surface area contributed by atoms with Crippen molar-refractivity contribution >= 4 is 62.5 Å². The van der Waals surface area contributed by atoms with E-state index in [1.54, 1.807) is 75.4 Å². The molecule has 2 amide bonds. The molecule has 0 heterocycles. The Hall–Kier alpha value is -2.92. The van der Waals surface area contributed by atoms with Crippen LogP contribution >= 0.6 is 35.0 Å². The highest BCUT2D eigenvalue weighted by atomic mass is 35.5. The molecule has 0 aliphatic rings. The SMILES string of the molecule is CCNC(=O)[C@@H](C)N(Cc1c(Cl)cccc1Cl)C(=O)CN(c1ccccc1OCC)S(=O)(=O)c1ccc(SC)cc1. The Labute approximate surface area is 256 Å². The molecule has 12 heteroatoms. The van der Waals surface area contributed by atoms with Crippen LogP contribution in [0.3, 0.4) is 0 Å². The molecule has 220 valence electrons. The third kappa shape index (κ3) is 7.88. The monoisotopic (exact) mass is 637 g/mol. The number of ether oxygens (including phenoxy) is 1. The number of hydrogen-bond donors (Lipinski definition) is 1. The van der Waals surface area contributed by atoms with Gasteiger partial charge in [-0.25, -0.2) is 8.42 Å². The van der Waals surface area contributed by atoms with E-state index in [1.165, 1.54) is 28.8 Å². The van der Waals surface area contributed by atoms with E-state index < -0.39 is 34.4 Å². The summed E-state index contributed by atoms with van der Waals surface area (Å²) in [4.78, 5) is 29.1. The second-order valence-electron chi connectivity index (χ2n) is 8.88. The average Bonchev–Trinajstić information content (AvgIpc) is 2.96. The molecule has 0 fully saturated rings. The molecule has 1 N–H and O–H groups in total. The highest BCUT2D eigenvalue weighted by Crippen LogP contribution is 2.34. The van der Waals surface area contributed by atoms with Gasteiger partial charge in [-0.2, -0.15) is 0 Å². The van der Waals surface area contributed by atoms with Gasteiger partial charge >= 0.3 is 0 Å². The third-order valence-electron chi connectivity index (χ3n) is 6.27. The molecule has 0 aliphatic heterocycles. The minimum absolute atomic E-state index is 0.00637. The molecule has 0 unspecified atom stereocenters. The van der Waals surface area contributed by atoms with Crippen LogP contribution in [0.2, 0.25) is 10.0 Å². The van der Waals surface area contributed by atoms with Gasteiger partial charge in [0.05, 0.1) is 17.2 Å². The first-order valence-corrected chi connectivity index (χ1v) is 16.4. The van der Waals surface area contributed by atoms with Gasteiger partial charge in [-0.1, -0.05) is 41.4 Å². The number of benzene rings is 3. The topological polar surface area (TPSA) is 96.0 Å². The smallest absolute Gasteiger partial charge is 0.264 e. The first kappa shape index (κ1) is 32.6. The summed E-state index contributed by atoms with van der Waals surface area (Å²) in [6.45, 7) is 5.04. The number of carbonyl (C=O) groups excluding carboxylic acids is 2. The summed E-state index contributed by atoms with van der Waals surface area (Å²) in [7, 11) is -4.25. The second-order valence-corrected chi connectivity index (χ2v) is 12.4. The highest BCUT2D eigenvalue weighted by molar-refractivity contribution is 7.98. The van der Waals surface area contributed by atoms with Gasteiger partial charge in [0.2, 0.25) is 11.8 Å². The first-order chi connectivity index (χ1) is 19.5. The van der Waals surface area contributed by atoms with E-state index in [0.29, 0.717) is 27.9 Å². The number of thioether (sulfide) groups is 1. The number of hydrogen-bond acceptors (Lipinski definition) is 6. The van der Waals surface area contributed by atoms with Crippen LogP contribution in [0.15, 0.2) is 76.5 Å². The summed E-state index contributed by atoms with van der Waals surface area (Å²) in [6.07, 6.45) is 1.89. The Morgan fingerprint density at radius 3 is 2.20 bits per heavy atom. The zero-order valence-electron chi connectivity index (χ0n) is 23.3. The van der Waals surface area contributed by atoms with E-state index >= 15 is 0 Å². The molecule has 0 saturated heterocycles. The van der Waals surface area contributed by atoms with Crippen molar-refractivity contribution in [2.24, 2.45) is 0 Å². The largest absolute Gasteiger partial charge is 0.492 e. The van der Waals surface area contributed by atoms with Crippen molar-refractivity contribution in [2.45, 2.75) is 43.1 Å². The van der Waals surface area contributed by atoms with Crippen LogP contribution in [0.4, 0.5) is 5.69 Å². The predicted molar refractivity (Wildman–Crippen MR) is 166 cm³/mol. The lowest BCUT2D eigenvalue weighted by molar-refractivity contribution is -0.139. The van der Waals surface area contributed by atoms with Crippen LogP contribution < -0.4 is 14.4 Å². The number of likely N-dealkylation sites (N-methyl/N-ethyl adjacent to an activating group) is 1. The van der Waals surface area contributed by atoms with E-state index in [2.05, 4.69) is 5.32 Å². The van der Waals surface area contributed by atoms with Crippen molar-refractivity contribution in [2.75, 3.05) is 30.3 Å². The molecular weight excluding hydrogens is 605 g/mol. The van der Waals surface area contributed by atoms with E-state index in [1.807, 2.05) is 6.26 Å². The maximum atomic E-state index is 14.1. The molecule has 3 aromatic rings. The van der Waals surface area contributed by atoms with Crippen molar-refractivity contribution in [3.8, 4) is 5.75 Å². The van der Waals surface area contributed by atoms with Crippen LogP contribution in [0, 0.1) is 0 Å². The van der Waals surface area contributed by atoms with Gasteiger partial charge in [-0.3, -0.25) is 13.9 Å². The van der Waals surface area contributed by atoms with Gasteiger partial charge < -0.3 is 15.0 Å². The van der Waals surface area contributed by atoms with E-state index in [-0.39, 0.29) is 23.7 Å².